The molecule has 1 N–H and O–H groups in total. The predicted octanol–water partition coefficient (Wildman–Crippen LogP) is 3.52. The predicted molar refractivity (Wildman–Crippen MR) is 84.0 cm³/mol. The van der Waals surface area contributed by atoms with E-state index in [0.29, 0.717) is 5.41 Å². The summed E-state index contributed by atoms with van der Waals surface area (Å²) in [6, 6.07) is 6.88. The van der Waals surface area contributed by atoms with Gasteiger partial charge in [-0.2, -0.15) is 0 Å². The van der Waals surface area contributed by atoms with Gasteiger partial charge in [-0.15, -0.1) is 0 Å². The van der Waals surface area contributed by atoms with E-state index in [9.17, 15) is 0 Å². The molecule has 2 rings (SSSR count). The van der Waals surface area contributed by atoms with E-state index in [4.69, 9.17) is 0 Å². The third-order valence-electron chi connectivity index (χ3n) is 4.00. The van der Waals surface area contributed by atoms with Gasteiger partial charge in [0, 0.05) is 30.9 Å². The molecule has 0 saturated carbocycles. The Hall–Kier alpha value is -1.02. The van der Waals surface area contributed by atoms with Gasteiger partial charge in [0.05, 0.1) is 0 Å². The number of nitrogens with one attached hydrogen (secondary N) is 1. The SMILES string of the molecule is Cc1cc(C)cc(N2CC(C)(C)CNCC2(C)C)c1. The smallest absolute Gasteiger partial charge is 0.0470 e. The van der Waals surface area contributed by atoms with Gasteiger partial charge in [-0.3, -0.25) is 0 Å². The Labute approximate surface area is 118 Å². The van der Waals surface area contributed by atoms with Gasteiger partial charge in [0.2, 0.25) is 0 Å². The Kier molecular flexibility index (Phi) is 3.65. The molecule has 106 valence electrons. The van der Waals surface area contributed by atoms with Crippen molar-refractivity contribution in [1.29, 1.82) is 0 Å². The highest BCUT2D eigenvalue weighted by atomic mass is 15.2. The molecule has 0 spiro atoms. The average Bonchev–Trinajstić information content (AvgIpc) is 2.33. The van der Waals surface area contributed by atoms with Crippen LogP contribution in [0.3, 0.4) is 0 Å². The lowest BCUT2D eigenvalue weighted by Gasteiger charge is -2.41. The molecule has 0 unspecified atom stereocenters. The first kappa shape index (κ1) is 14.4. The fourth-order valence-electron chi connectivity index (χ4n) is 3.05. The highest BCUT2D eigenvalue weighted by molar-refractivity contribution is 5.53. The van der Waals surface area contributed by atoms with Gasteiger partial charge in [-0.1, -0.05) is 19.9 Å². The van der Waals surface area contributed by atoms with Crippen molar-refractivity contribution in [2.45, 2.75) is 47.1 Å². The van der Waals surface area contributed by atoms with Crippen LogP contribution in [0.5, 0.6) is 0 Å². The van der Waals surface area contributed by atoms with Gasteiger partial charge in [-0.05, 0) is 56.4 Å². The van der Waals surface area contributed by atoms with E-state index in [-0.39, 0.29) is 5.54 Å². The zero-order chi connectivity index (χ0) is 14.3. The molecule has 1 heterocycles. The number of anilines is 1. The maximum atomic E-state index is 3.62. The van der Waals surface area contributed by atoms with Crippen molar-refractivity contribution in [1.82, 2.24) is 5.32 Å². The number of hydrogen-bond acceptors (Lipinski definition) is 2. The minimum absolute atomic E-state index is 0.147. The summed E-state index contributed by atoms with van der Waals surface area (Å²) in [6.07, 6.45) is 0. The first-order valence-electron chi connectivity index (χ1n) is 7.26. The van der Waals surface area contributed by atoms with Crippen molar-refractivity contribution in [2.75, 3.05) is 24.5 Å². The van der Waals surface area contributed by atoms with Crippen LogP contribution in [0.4, 0.5) is 5.69 Å². The van der Waals surface area contributed by atoms with Gasteiger partial charge in [-0.25, -0.2) is 0 Å². The third-order valence-corrected chi connectivity index (χ3v) is 4.00. The van der Waals surface area contributed by atoms with E-state index in [0.717, 1.165) is 19.6 Å². The maximum Gasteiger partial charge on any atom is 0.0470 e. The fraction of sp³-hybridized carbons (Fsp3) is 0.647. The zero-order valence-electron chi connectivity index (χ0n) is 13.3. The van der Waals surface area contributed by atoms with Gasteiger partial charge < -0.3 is 10.2 Å². The number of rotatable bonds is 1. The number of hydrogen-bond donors (Lipinski definition) is 1. The molecule has 2 heteroatoms. The molecule has 1 aromatic carbocycles. The van der Waals surface area contributed by atoms with Crippen molar-refractivity contribution in [3.05, 3.63) is 29.3 Å². The van der Waals surface area contributed by atoms with Gasteiger partial charge in [0.1, 0.15) is 0 Å². The summed E-state index contributed by atoms with van der Waals surface area (Å²) in [4.78, 5) is 2.58. The Bertz CT molecular complexity index is 440. The van der Waals surface area contributed by atoms with Gasteiger partial charge in [0.15, 0.2) is 0 Å². The molecule has 0 amide bonds. The summed E-state index contributed by atoms with van der Waals surface area (Å²) in [6.45, 7) is 16.9. The second-order valence-electron chi connectivity index (χ2n) is 7.51. The van der Waals surface area contributed by atoms with Crippen LogP contribution in [0.1, 0.15) is 38.8 Å². The topological polar surface area (TPSA) is 15.3 Å². The van der Waals surface area contributed by atoms with Crippen molar-refractivity contribution in [3.8, 4) is 0 Å². The molecule has 0 aliphatic carbocycles. The lowest BCUT2D eigenvalue weighted by atomic mass is 9.91. The first-order valence-corrected chi connectivity index (χ1v) is 7.26. The molecular weight excluding hydrogens is 232 g/mol. The monoisotopic (exact) mass is 260 g/mol. The molecule has 1 saturated heterocycles. The molecular formula is C17H28N2. The van der Waals surface area contributed by atoms with E-state index in [1.807, 2.05) is 0 Å². The second kappa shape index (κ2) is 4.82. The zero-order valence-corrected chi connectivity index (χ0v) is 13.3. The minimum atomic E-state index is 0.147. The van der Waals surface area contributed by atoms with Crippen LogP contribution in [0.25, 0.3) is 0 Å². The minimum Gasteiger partial charge on any atom is -0.365 e. The molecule has 0 atom stereocenters. The van der Waals surface area contributed by atoms with Crippen LogP contribution in [-0.4, -0.2) is 25.2 Å². The summed E-state index contributed by atoms with van der Waals surface area (Å²) >= 11 is 0. The molecule has 0 aromatic heterocycles. The van der Waals surface area contributed by atoms with E-state index >= 15 is 0 Å². The van der Waals surface area contributed by atoms with Crippen molar-refractivity contribution >= 4 is 5.69 Å². The average molecular weight is 260 g/mol. The Balaban J connectivity index is 2.42. The molecule has 1 aliphatic rings. The number of nitrogens with zero attached hydrogens (tertiary/aromatic N) is 1. The third kappa shape index (κ3) is 3.30. The summed E-state index contributed by atoms with van der Waals surface area (Å²) < 4.78 is 0. The number of aryl methyl sites for hydroxylation is 2. The lowest BCUT2D eigenvalue weighted by molar-refractivity contribution is 0.365. The quantitative estimate of drug-likeness (QED) is 0.831. The Morgan fingerprint density at radius 3 is 2.11 bits per heavy atom. The maximum absolute atomic E-state index is 3.62. The van der Waals surface area contributed by atoms with Crippen LogP contribution in [0.2, 0.25) is 0 Å². The molecule has 1 fully saturated rings. The molecule has 19 heavy (non-hydrogen) atoms. The summed E-state index contributed by atoms with van der Waals surface area (Å²) in [5.74, 6) is 0. The molecule has 0 radical (unpaired) electrons. The molecule has 1 aliphatic heterocycles. The van der Waals surface area contributed by atoms with Crippen LogP contribution < -0.4 is 10.2 Å². The van der Waals surface area contributed by atoms with Crippen LogP contribution in [0.15, 0.2) is 18.2 Å². The standard InChI is InChI=1S/C17H28N2/c1-13-7-14(2)9-15(8-13)19-12-16(3,4)10-18-11-17(19,5)6/h7-9,18H,10-12H2,1-6H3. The summed E-state index contributed by atoms with van der Waals surface area (Å²) in [7, 11) is 0. The van der Waals surface area contributed by atoms with Crippen molar-refractivity contribution < 1.29 is 0 Å². The van der Waals surface area contributed by atoms with Gasteiger partial charge >= 0.3 is 0 Å². The molecule has 2 nitrogen and oxygen atoms in total. The van der Waals surface area contributed by atoms with E-state index in [1.54, 1.807) is 0 Å². The highest BCUT2D eigenvalue weighted by Crippen LogP contribution is 2.32. The van der Waals surface area contributed by atoms with Crippen LogP contribution in [0, 0.1) is 19.3 Å². The van der Waals surface area contributed by atoms with E-state index in [2.05, 4.69) is 70.0 Å². The first-order chi connectivity index (χ1) is 8.70. The van der Waals surface area contributed by atoms with E-state index < -0.39 is 0 Å². The van der Waals surface area contributed by atoms with Gasteiger partial charge in [0.25, 0.3) is 0 Å². The largest absolute Gasteiger partial charge is 0.365 e. The normalized spacial score (nSPS) is 22.1. The number of benzene rings is 1. The lowest BCUT2D eigenvalue weighted by Crippen LogP contribution is -2.49. The Morgan fingerprint density at radius 2 is 1.53 bits per heavy atom. The van der Waals surface area contributed by atoms with Crippen LogP contribution >= 0.6 is 0 Å². The fourth-order valence-corrected chi connectivity index (χ4v) is 3.05. The van der Waals surface area contributed by atoms with Crippen molar-refractivity contribution in [3.63, 3.8) is 0 Å². The molecule has 0 bridgehead atoms. The van der Waals surface area contributed by atoms with E-state index in [1.165, 1.54) is 16.8 Å². The van der Waals surface area contributed by atoms with Crippen molar-refractivity contribution in [2.24, 2.45) is 5.41 Å². The van der Waals surface area contributed by atoms with Crippen LogP contribution in [-0.2, 0) is 0 Å². The summed E-state index contributed by atoms with van der Waals surface area (Å²) in [5.41, 5.74) is 4.50. The Morgan fingerprint density at radius 1 is 0.947 bits per heavy atom. The summed E-state index contributed by atoms with van der Waals surface area (Å²) in [5, 5.41) is 3.62. The molecule has 1 aromatic rings. The highest BCUT2D eigenvalue weighted by Gasteiger charge is 2.35. The second-order valence-corrected chi connectivity index (χ2v) is 7.51.